The van der Waals surface area contributed by atoms with E-state index in [1.54, 1.807) is 6.26 Å². The van der Waals surface area contributed by atoms with Crippen LogP contribution in [0.2, 0.25) is 0 Å². The van der Waals surface area contributed by atoms with E-state index < -0.39 is 23.1 Å². The van der Waals surface area contributed by atoms with Crippen LogP contribution in [0.4, 0.5) is 0 Å². The first kappa shape index (κ1) is 18.2. The first-order valence-corrected chi connectivity index (χ1v) is 9.24. The lowest BCUT2D eigenvalue weighted by Crippen LogP contribution is -2.36. The van der Waals surface area contributed by atoms with Crippen LogP contribution in [0.5, 0.6) is 0 Å². The number of allylic oxidation sites excluding steroid dienone is 1. The smallest absolute Gasteiger partial charge is 0.316 e. The average Bonchev–Trinajstić information content (AvgIpc) is 2.83. The minimum atomic E-state index is -1.10. The molecule has 0 aliphatic heterocycles. The summed E-state index contributed by atoms with van der Waals surface area (Å²) in [6.45, 7) is 2.15. The Morgan fingerprint density at radius 3 is 2.81 bits per heavy atom. The molecule has 0 aromatic carbocycles. The van der Waals surface area contributed by atoms with E-state index in [2.05, 4.69) is 6.92 Å². The third-order valence-electron chi connectivity index (χ3n) is 4.06. The quantitative estimate of drug-likeness (QED) is 0.227. The van der Waals surface area contributed by atoms with E-state index in [-0.39, 0.29) is 17.0 Å². The van der Waals surface area contributed by atoms with Gasteiger partial charge in [-0.3, -0.25) is 9.59 Å². The number of hydrogen-bond acceptors (Lipinski definition) is 4. The second kappa shape index (κ2) is 9.26. The van der Waals surface area contributed by atoms with Crippen LogP contribution in [0.3, 0.4) is 0 Å². The van der Waals surface area contributed by atoms with Gasteiger partial charge < -0.3 is 9.29 Å². The zero-order valence-electron chi connectivity index (χ0n) is 13.2. The molecule has 21 heavy (non-hydrogen) atoms. The van der Waals surface area contributed by atoms with Gasteiger partial charge in [0, 0.05) is 12.3 Å². The van der Waals surface area contributed by atoms with Gasteiger partial charge in [0.05, 0.1) is 13.4 Å². The standard InChI is InChI=1S/C16H26O4S/c1-4-5-6-7-8-9-14(21(3)19)12-10-11-13(17)15(12)16(18)20-2/h8-9,12,14-15H,4-7,10-11H2,1-3H3/b9-8+. The Morgan fingerprint density at radius 2 is 2.24 bits per heavy atom. The maximum atomic E-state index is 12.0. The van der Waals surface area contributed by atoms with Gasteiger partial charge in [-0.2, -0.15) is 0 Å². The minimum Gasteiger partial charge on any atom is -0.616 e. The summed E-state index contributed by atoms with van der Waals surface area (Å²) < 4.78 is 16.7. The molecule has 1 aliphatic carbocycles. The van der Waals surface area contributed by atoms with E-state index in [9.17, 15) is 14.1 Å². The Bertz CT molecular complexity index is 378. The highest BCUT2D eigenvalue weighted by Crippen LogP contribution is 2.35. The van der Waals surface area contributed by atoms with Crippen molar-refractivity contribution in [2.75, 3.05) is 13.4 Å². The predicted molar refractivity (Wildman–Crippen MR) is 84.4 cm³/mol. The number of hydrogen-bond donors (Lipinski definition) is 0. The molecule has 1 aliphatic rings. The van der Waals surface area contributed by atoms with E-state index in [1.807, 2.05) is 12.2 Å². The van der Waals surface area contributed by atoms with E-state index in [0.717, 1.165) is 12.8 Å². The lowest BCUT2D eigenvalue weighted by molar-refractivity contribution is -0.149. The number of esters is 1. The molecule has 0 aromatic heterocycles. The Morgan fingerprint density at radius 1 is 1.52 bits per heavy atom. The molecular formula is C16H26O4S. The predicted octanol–water partition coefficient (Wildman–Crippen LogP) is 2.64. The SMILES string of the molecule is CCCCC/C=C/C(C1CCC(=O)C1C(=O)OC)[S+](C)[O-]. The number of ketones is 1. The second-order valence-electron chi connectivity index (χ2n) is 5.56. The molecule has 4 unspecified atom stereocenters. The summed E-state index contributed by atoms with van der Waals surface area (Å²) in [5.41, 5.74) is 0. The van der Waals surface area contributed by atoms with E-state index in [4.69, 9.17) is 4.74 Å². The summed E-state index contributed by atoms with van der Waals surface area (Å²) in [5.74, 6) is -1.51. The third-order valence-corrected chi connectivity index (χ3v) is 5.33. The van der Waals surface area contributed by atoms with Gasteiger partial charge in [-0.15, -0.1) is 0 Å². The molecule has 0 amide bonds. The Balaban J connectivity index is 2.75. The zero-order valence-corrected chi connectivity index (χ0v) is 14.0. The van der Waals surface area contributed by atoms with Gasteiger partial charge in [0.15, 0.2) is 0 Å². The molecule has 4 atom stereocenters. The average molecular weight is 314 g/mol. The number of carbonyl (C=O) groups excluding carboxylic acids is 2. The van der Waals surface area contributed by atoms with Crippen molar-refractivity contribution in [3.63, 3.8) is 0 Å². The summed E-state index contributed by atoms with van der Waals surface area (Å²) in [7, 11) is 1.30. The Hall–Kier alpha value is -0.810. The van der Waals surface area contributed by atoms with Crippen LogP contribution in [0, 0.1) is 11.8 Å². The normalized spacial score (nSPS) is 25.2. The number of unbranched alkanes of at least 4 members (excludes halogenated alkanes) is 3. The van der Waals surface area contributed by atoms with Gasteiger partial charge in [0.25, 0.3) is 0 Å². The largest absolute Gasteiger partial charge is 0.616 e. The van der Waals surface area contributed by atoms with Crippen molar-refractivity contribution in [1.82, 2.24) is 0 Å². The summed E-state index contributed by atoms with van der Waals surface area (Å²) in [6.07, 6.45) is 11.0. The van der Waals surface area contributed by atoms with Gasteiger partial charge in [-0.1, -0.05) is 25.8 Å². The van der Waals surface area contributed by atoms with E-state index >= 15 is 0 Å². The Labute approximate surface area is 130 Å². The van der Waals surface area contributed by atoms with Gasteiger partial charge >= 0.3 is 5.97 Å². The molecule has 0 aromatic rings. The maximum Gasteiger partial charge on any atom is 0.316 e. The summed E-state index contributed by atoms with van der Waals surface area (Å²) in [5, 5.41) is -0.248. The molecule has 4 nitrogen and oxygen atoms in total. The summed E-state index contributed by atoms with van der Waals surface area (Å²) in [4.78, 5) is 23.7. The van der Waals surface area contributed by atoms with E-state index in [1.165, 1.54) is 20.0 Å². The molecule has 0 spiro atoms. The monoisotopic (exact) mass is 314 g/mol. The number of Topliss-reactive ketones (excluding diaryl/α,β-unsaturated/α-hetero) is 1. The number of carbonyl (C=O) groups is 2. The van der Waals surface area contributed by atoms with Gasteiger partial charge in [-0.05, 0) is 36.5 Å². The Kier molecular flexibility index (Phi) is 8.04. The molecule has 1 saturated carbocycles. The molecule has 0 heterocycles. The fourth-order valence-corrected chi connectivity index (χ4v) is 4.02. The number of rotatable bonds is 8. The van der Waals surface area contributed by atoms with Crippen molar-refractivity contribution >= 4 is 22.9 Å². The maximum absolute atomic E-state index is 12.0. The highest BCUT2D eigenvalue weighted by Gasteiger charge is 2.47. The van der Waals surface area contributed by atoms with Crippen molar-refractivity contribution in [1.29, 1.82) is 0 Å². The zero-order chi connectivity index (χ0) is 15.8. The van der Waals surface area contributed by atoms with Gasteiger partial charge in [0.1, 0.15) is 17.0 Å². The highest BCUT2D eigenvalue weighted by molar-refractivity contribution is 7.91. The minimum absolute atomic E-state index is 0.0818. The number of ether oxygens (including phenoxy) is 1. The summed E-state index contributed by atoms with van der Waals surface area (Å²) in [6, 6.07) is 0. The number of methoxy groups -OCH3 is 1. The van der Waals surface area contributed by atoms with Crippen LogP contribution in [0.1, 0.15) is 45.4 Å². The highest BCUT2D eigenvalue weighted by atomic mass is 32.2. The lowest BCUT2D eigenvalue weighted by Gasteiger charge is -2.24. The third kappa shape index (κ3) is 5.15. The van der Waals surface area contributed by atoms with Gasteiger partial charge in [-0.25, -0.2) is 0 Å². The first-order chi connectivity index (χ1) is 10.0. The lowest BCUT2D eigenvalue weighted by atomic mass is 9.91. The molecule has 0 saturated heterocycles. The van der Waals surface area contributed by atoms with Crippen molar-refractivity contribution in [3.05, 3.63) is 12.2 Å². The topological polar surface area (TPSA) is 66.4 Å². The molecule has 0 N–H and O–H groups in total. The van der Waals surface area contributed by atoms with Crippen molar-refractivity contribution in [2.24, 2.45) is 11.8 Å². The fourth-order valence-electron chi connectivity index (χ4n) is 2.90. The van der Waals surface area contributed by atoms with Crippen LogP contribution >= 0.6 is 0 Å². The first-order valence-electron chi connectivity index (χ1n) is 7.62. The fraction of sp³-hybridized carbons (Fsp3) is 0.750. The molecule has 120 valence electrons. The molecule has 1 fully saturated rings. The molecule has 0 bridgehead atoms. The van der Waals surface area contributed by atoms with Crippen LogP contribution < -0.4 is 0 Å². The second-order valence-corrected chi connectivity index (χ2v) is 7.10. The van der Waals surface area contributed by atoms with Crippen LogP contribution in [-0.2, 0) is 25.5 Å². The van der Waals surface area contributed by atoms with Crippen molar-refractivity contribution < 1.29 is 18.9 Å². The van der Waals surface area contributed by atoms with Crippen LogP contribution in [0.25, 0.3) is 0 Å². The molecular weight excluding hydrogens is 288 g/mol. The molecule has 1 rings (SSSR count). The van der Waals surface area contributed by atoms with Crippen LogP contribution in [0.15, 0.2) is 12.2 Å². The van der Waals surface area contributed by atoms with Crippen LogP contribution in [-0.4, -0.2) is 34.9 Å². The van der Waals surface area contributed by atoms with Gasteiger partial charge in [0.2, 0.25) is 0 Å². The van der Waals surface area contributed by atoms with Crippen molar-refractivity contribution in [3.8, 4) is 0 Å². The molecule has 0 radical (unpaired) electrons. The van der Waals surface area contributed by atoms with E-state index in [0.29, 0.717) is 12.8 Å². The summed E-state index contributed by atoms with van der Waals surface area (Å²) >= 11 is -1.10. The molecule has 5 heteroatoms. The van der Waals surface area contributed by atoms with Crippen molar-refractivity contribution in [2.45, 2.75) is 50.7 Å².